The molecule has 3 atom stereocenters. The number of benzene rings is 1. The van der Waals surface area contributed by atoms with Crippen molar-refractivity contribution in [1.29, 1.82) is 0 Å². The molecule has 2 fully saturated rings. The second kappa shape index (κ2) is 9.56. The van der Waals surface area contributed by atoms with Crippen molar-refractivity contribution < 1.29 is 9.59 Å². The Morgan fingerprint density at radius 2 is 1.67 bits per heavy atom. The van der Waals surface area contributed by atoms with Gasteiger partial charge >= 0.3 is 0 Å². The summed E-state index contributed by atoms with van der Waals surface area (Å²) in [6.45, 7) is 6.90. The number of rotatable bonds is 3. The quantitative estimate of drug-likeness (QED) is 0.858. The molecule has 3 rings (SSSR count). The van der Waals surface area contributed by atoms with Gasteiger partial charge in [-0.2, -0.15) is 0 Å². The highest BCUT2D eigenvalue weighted by Crippen LogP contribution is 2.25. The number of amides is 2. The smallest absolute Gasteiger partial charge is 0.253 e. The number of nitrogens with zero attached hydrogens (tertiary/aromatic N) is 2. The lowest BCUT2D eigenvalue weighted by atomic mass is 9.90. The molecule has 0 bridgehead atoms. The van der Waals surface area contributed by atoms with Gasteiger partial charge in [-0.15, -0.1) is 12.4 Å². The molecule has 5 nitrogen and oxygen atoms in total. The molecule has 6 heteroatoms. The van der Waals surface area contributed by atoms with Crippen molar-refractivity contribution in [2.24, 2.45) is 17.6 Å². The molecular formula is C21H32ClN3O2. The van der Waals surface area contributed by atoms with E-state index in [1.807, 2.05) is 47.9 Å². The van der Waals surface area contributed by atoms with Gasteiger partial charge in [-0.1, -0.05) is 17.7 Å². The molecule has 3 unspecified atom stereocenters. The van der Waals surface area contributed by atoms with Crippen LogP contribution in [0, 0.1) is 18.8 Å². The number of nitrogens with two attached hydrogens (primary N) is 1. The molecule has 0 aromatic heterocycles. The molecule has 2 aliphatic rings. The van der Waals surface area contributed by atoms with Gasteiger partial charge in [0, 0.05) is 37.8 Å². The Labute approximate surface area is 168 Å². The second-order valence-corrected chi connectivity index (χ2v) is 8.00. The number of carbonyl (C=O) groups excluding carboxylic acids is 2. The van der Waals surface area contributed by atoms with E-state index in [2.05, 4.69) is 0 Å². The maximum atomic E-state index is 13.0. The molecule has 2 heterocycles. The summed E-state index contributed by atoms with van der Waals surface area (Å²) in [6.07, 6.45) is 3.88. The molecule has 0 aliphatic carbocycles. The predicted molar refractivity (Wildman–Crippen MR) is 110 cm³/mol. The third kappa shape index (κ3) is 5.23. The minimum Gasteiger partial charge on any atom is -0.342 e. The largest absolute Gasteiger partial charge is 0.342 e. The van der Waals surface area contributed by atoms with Crippen molar-refractivity contribution in [1.82, 2.24) is 9.80 Å². The summed E-state index contributed by atoms with van der Waals surface area (Å²) in [5.74, 6) is 0.554. The van der Waals surface area contributed by atoms with E-state index in [1.165, 1.54) is 0 Å². The van der Waals surface area contributed by atoms with Gasteiger partial charge in [0.25, 0.3) is 5.91 Å². The first kappa shape index (κ1) is 21.7. The molecule has 27 heavy (non-hydrogen) atoms. The highest BCUT2D eigenvalue weighted by Gasteiger charge is 2.34. The zero-order chi connectivity index (χ0) is 18.7. The lowest BCUT2D eigenvalue weighted by molar-refractivity contribution is -0.138. The van der Waals surface area contributed by atoms with E-state index >= 15 is 0 Å². The van der Waals surface area contributed by atoms with Gasteiger partial charge in [-0.25, -0.2) is 0 Å². The Kier molecular flexibility index (Phi) is 7.68. The monoisotopic (exact) mass is 393 g/mol. The summed E-state index contributed by atoms with van der Waals surface area (Å²) >= 11 is 0. The van der Waals surface area contributed by atoms with Crippen molar-refractivity contribution in [3.8, 4) is 0 Å². The average molecular weight is 394 g/mol. The standard InChI is InChI=1S/C21H31N3O2.ClH/c1-15-7-9-17(10-8-15)20(25)24-12-4-6-19(14-24)21(26)23-11-3-5-18(13-23)16(2)22;/h7-10,16,18-19H,3-6,11-14,22H2,1-2H3;1H. The van der Waals surface area contributed by atoms with Crippen LogP contribution >= 0.6 is 12.4 Å². The van der Waals surface area contributed by atoms with Gasteiger partial charge in [-0.05, 0) is 57.6 Å². The van der Waals surface area contributed by atoms with E-state index in [-0.39, 0.29) is 36.2 Å². The number of aryl methyl sites for hydroxylation is 1. The molecular weight excluding hydrogens is 362 g/mol. The van der Waals surface area contributed by atoms with Crippen molar-refractivity contribution in [3.05, 3.63) is 35.4 Å². The molecule has 1 aromatic carbocycles. The van der Waals surface area contributed by atoms with Gasteiger partial charge in [-0.3, -0.25) is 9.59 Å². The molecule has 2 amide bonds. The lowest BCUT2D eigenvalue weighted by Crippen LogP contribution is -2.50. The van der Waals surface area contributed by atoms with Crippen LogP contribution in [-0.2, 0) is 4.79 Å². The number of hydrogen-bond donors (Lipinski definition) is 1. The van der Waals surface area contributed by atoms with E-state index in [0.29, 0.717) is 18.0 Å². The number of carbonyl (C=O) groups is 2. The minimum atomic E-state index is -0.0787. The van der Waals surface area contributed by atoms with E-state index < -0.39 is 0 Å². The van der Waals surface area contributed by atoms with Gasteiger partial charge in [0.15, 0.2) is 0 Å². The van der Waals surface area contributed by atoms with Crippen LogP contribution in [0.15, 0.2) is 24.3 Å². The Hall–Kier alpha value is -1.59. The number of hydrogen-bond acceptors (Lipinski definition) is 3. The summed E-state index contributed by atoms with van der Waals surface area (Å²) < 4.78 is 0. The Balaban J connectivity index is 0.00000261. The van der Waals surface area contributed by atoms with Crippen LogP contribution in [-0.4, -0.2) is 53.8 Å². The minimum absolute atomic E-state index is 0. The maximum Gasteiger partial charge on any atom is 0.253 e. The zero-order valence-corrected chi connectivity index (χ0v) is 17.2. The molecule has 2 N–H and O–H groups in total. The second-order valence-electron chi connectivity index (χ2n) is 8.00. The predicted octanol–water partition coefficient (Wildman–Crippen LogP) is 2.85. The average Bonchev–Trinajstić information content (AvgIpc) is 2.67. The summed E-state index contributed by atoms with van der Waals surface area (Å²) in [4.78, 5) is 29.6. The van der Waals surface area contributed by atoms with Crippen LogP contribution in [0.4, 0.5) is 0 Å². The Morgan fingerprint density at radius 1 is 1.04 bits per heavy atom. The fraction of sp³-hybridized carbons (Fsp3) is 0.619. The summed E-state index contributed by atoms with van der Waals surface area (Å²) in [5, 5.41) is 0. The van der Waals surface area contributed by atoms with Gasteiger partial charge < -0.3 is 15.5 Å². The maximum absolute atomic E-state index is 13.0. The molecule has 2 aliphatic heterocycles. The van der Waals surface area contributed by atoms with E-state index in [1.54, 1.807) is 0 Å². The topological polar surface area (TPSA) is 66.6 Å². The van der Waals surface area contributed by atoms with Crippen molar-refractivity contribution in [3.63, 3.8) is 0 Å². The summed E-state index contributed by atoms with van der Waals surface area (Å²) in [6, 6.07) is 7.79. The first-order chi connectivity index (χ1) is 12.5. The molecule has 0 spiro atoms. The first-order valence-corrected chi connectivity index (χ1v) is 9.86. The Bertz CT molecular complexity index is 647. The van der Waals surface area contributed by atoms with Crippen LogP contribution in [0.5, 0.6) is 0 Å². The first-order valence-electron chi connectivity index (χ1n) is 9.86. The van der Waals surface area contributed by atoms with Gasteiger partial charge in [0.2, 0.25) is 5.91 Å². The van der Waals surface area contributed by atoms with E-state index in [9.17, 15) is 9.59 Å². The molecule has 150 valence electrons. The van der Waals surface area contributed by atoms with Crippen LogP contribution in [0.25, 0.3) is 0 Å². The van der Waals surface area contributed by atoms with E-state index in [0.717, 1.165) is 50.9 Å². The summed E-state index contributed by atoms with van der Waals surface area (Å²) in [5.41, 5.74) is 7.90. The normalized spacial score (nSPS) is 24.1. The van der Waals surface area contributed by atoms with Crippen LogP contribution in [0.1, 0.15) is 48.5 Å². The van der Waals surface area contributed by atoms with Gasteiger partial charge in [0.1, 0.15) is 0 Å². The fourth-order valence-corrected chi connectivity index (χ4v) is 4.14. The number of halogens is 1. The zero-order valence-electron chi connectivity index (χ0n) is 16.4. The van der Waals surface area contributed by atoms with Crippen LogP contribution in [0.3, 0.4) is 0 Å². The van der Waals surface area contributed by atoms with Crippen LogP contribution in [0.2, 0.25) is 0 Å². The fourth-order valence-electron chi connectivity index (χ4n) is 4.14. The van der Waals surface area contributed by atoms with Crippen molar-refractivity contribution >= 4 is 24.2 Å². The van der Waals surface area contributed by atoms with Crippen LogP contribution < -0.4 is 5.73 Å². The van der Waals surface area contributed by atoms with Crippen molar-refractivity contribution in [2.45, 2.75) is 45.6 Å². The summed E-state index contributed by atoms with van der Waals surface area (Å²) in [7, 11) is 0. The SMILES string of the molecule is Cc1ccc(C(=O)N2CCCC(C(=O)N3CCCC(C(C)N)C3)C2)cc1.Cl. The molecule has 1 aromatic rings. The highest BCUT2D eigenvalue weighted by molar-refractivity contribution is 5.94. The third-order valence-corrected chi connectivity index (χ3v) is 5.87. The number of likely N-dealkylation sites (tertiary alicyclic amines) is 2. The molecule has 2 saturated heterocycles. The van der Waals surface area contributed by atoms with Gasteiger partial charge in [0.05, 0.1) is 5.92 Å². The Morgan fingerprint density at radius 3 is 2.33 bits per heavy atom. The molecule has 0 radical (unpaired) electrons. The lowest BCUT2D eigenvalue weighted by Gasteiger charge is -2.39. The van der Waals surface area contributed by atoms with E-state index in [4.69, 9.17) is 5.73 Å². The molecule has 0 saturated carbocycles. The number of piperidine rings is 2. The third-order valence-electron chi connectivity index (χ3n) is 5.87. The van der Waals surface area contributed by atoms with Crippen molar-refractivity contribution in [2.75, 3.05) is 26.2 Å². The highest BCUT2D eigenvalue weighted by atomic mass is 35.5.